The SMILES string of the molecule is CCOc1ccc(/C=N\NC(=O)C(c2ccccc2)c2ccccc2)cc1. The van der Waals surface area contributed by atoms with E-state index in [-0.39, 0.29) is 5.91 Å². The zero-order valence-corrected chi connectivity index (χ0v) is 15.2. The van der Waals surface area contributed by atoms with Gasteiger partial charge in [0.15, 0.2) is 0 Å². The van der Waals surface area contributed by atoms with Gasteiger partial charge in [-0.1, -0.05) is 60.7 Å². The molecule has 0 unspecified atom stereocenters. The third-order valence-corrected chi connectivity index (χ3v) is 4.11. The van der Waals surface area contributed by atoms with Crippen LogP contribution in [0, 0.1) is 0 Å². The van der Waals surface area contributed by atoms with E-state index in [2.05, 4.69) is 10.5 Å². The fourth-order valence-electron chi connectivity index (χ4n) is 2.84. The average molecular weight is 358 g/mol. The van der Waals surface area contributed by atoms with Crippen LogP contribution in [-0.2, 0) is 4.79 Å². The predicted molar refractivity (Wildman–Crippen MR) is 108 cm³/mol. The largest absolute Gasteiger partial charge is 0.494 e. The molecule has 3 aromatic carbocycles. The zero-order chi connectivity index (χ0) is 18.9. The highest BCUT2D eigenvalue weighted by Gasteiger charge is 2.22. The summed E-state index contributed by atoms with van der Waals surface area (Å²) >= 11 is 0. The van der Waals surface area contributed by atoms with E-state index < -0.39 is 5.92 Å². The number of carbonyl (C=O) groups excluding carboxylic acids is 1. The lowest BCUT2D eigenvalue weighted by molar-refractivity contribution is -0.121. The molecule has 4 nitrogen and oxygen atoms in total. The Labute approximate surface area is 159 Å². The van der Waals surface area contributed by atoms with E-state index in [0.29, 0.717) is 6.61 Å². The van der Waals surface area contributed by atoms with Gasteiger partial charge in [0.2, 0.25) is 0 Å². The van der Waals surface area contributed by atoms with Crippen molar-refractivity contribution >= 4 is 12.1 Å². The Morgan fingerprint density at radius 3 is 2.00 bits per heavy atom. The first-order valence-electron chi connectivity index (χ1n) is 8.93. The highest BCUT2D eigenvalue weighted by Crippen LogP contribution is 2.24. The molecule has 0 heterocycles. The number of hydrazone groups is 1. The van der Waals surface area contributed by atoms with E-state index in [4.69, 9.17) is 4.74 Å². The van der Waals surface area contributed by atoms with Crippen LogP contribution in [0.25, 0.3) is 0 Å². The van der Waals surface area contributed by atoms with Gasteiger partial charge in [-0.25, -0.2) is 5.43 Å². The van der Waals surface area contributed by atoms with Gasteiger partial charge in [0.1, 0.15) is 5.75 Å². The molecule has 0 atom stereocenters. The Morgan fingerprint density at radius 1 is 0.926 bits per heavy atom. The molecule has 1 amide bonds. The molecule has 27 heavy (non-hydrogen) atoms. The zero-order valence-electron chi connectivity index (χ0n) is 15.2. The molecule has 0 spiro atoms. The summed E-state index contributed by atoms with van der Waals surface area (Å²) in [5.41, 5.74) is 5.41. The number of ether oxygens (including phenoxy) is 1. The summed E-state index contributed by atoms with van der Waals surface area (Å²) in [4.78, 5) is 12.8. The Kier molecular flexibility index (Phi) is 6.36. The van der Waals surface area contributed by atoms with Crippen molar-refractivity contribution in [3.05, 3.63) is 102 Å². The molecule has 0 bridgehead atoms. The molecule has 0 fully saturated rings. The molecule has 0 aliphatic heterocycles. The first kappa shape index (κ1) is 18.4. The number of benzene rings is 3. The fourth-order valence-corrected chi connectivity index (χ4v) is 2.84. The number of carbonyl (C=O) groups is 1. The molecule has 0 saturated heterocycles. The maximum atomic E-state index is 12.8. The van der Waals surface area contributed by atoms with Crippen LogP contribution in [0.15, 0.2) is 90.0 Å². The van der Waals surface area contributed by atoms with Crippen molar-refractivity contribution < 1.29 is 9.53 Å². The van der Waals surface area contributed by atoms with E-state index >= 15 is 0 Å². The minimum Gasteiger partial charge on any atom is -0.494 e. The summed E-state index contributed by atoms with van der Waals surface area (Å²) in [6.07, 6.45) is 1.63. The van der Waals surface area contributed by atoms with Crippen LogP contribution in [0.5, 0.6) is 5.75 Å². The molecule has 0 aliphatic carbocycles. The summed E-state index contributed by atoms with van der Waals surface area (Å²) in [7, 11) is 0. The van der Waals surface area contributed by atoms with Gasteiger partial charge in [-0.05, 0) is 47.9 Å². The third kappa shape index (κ3) is 5.05. The standard InChI is InChI=1S/C23H22N2O2/c1-2-27-21-15-13-18(14-16-21)17-24-25-23(26)22(19-9-5-3-6-10-19)20-11-7-4-8-12-20/h3-17,22H,2H2,1H3,(H,25,26)/b24-17-. The van der Waals surface area contributed by atoms with Gasteiger partial charge >= 0.3 is 0 Å². The smallest absolute Gasteiger partial charge is 0.252 e. The molecule has 4 heteroatoms. The Balaban J connectivity index is 1.73. The molecule has 0 saturated carbocycles. The molecule has 3 aromatic rings. The Bertz CT molecular complexity index is 836. The monoisotopic (exact) mass is 358 g/mol. The quantitative estimate of drug-likeness (QED) is 0.504. The van der Waals surface area contributed by atoms with Crippen LogP contribution < -0.4 is 10.2 Å². The van der Waals surface area contributed by atoms with Crippen LogP contribution >= 0.6 is 0 Å². The molecular weight excluding hydrogens is 336 g/mol. The second-order valence-corrected chi connectivity index (χ2v) is 5.99. The molecule has 0 aliphatic rings. The predicted octanol–water partition coefficient (Wildman–Crippen LogP) is 4.37. The van der Waals surface area contributed by atoms with Crippen LogP contribution in [0.1, 0.15) is 29.5 Å². The normalized spacial score (nSPS) is 10.9. The van der Waals surface area contributed by atoms with E-state index in [9.17, 15) is 4.79 Å². The van der Waals surface area contributed by atoms with Crippen molar-refractivity contribution in [1.29, 1.82) is 0 Å². The minimum atomic E-state index is -0.412. The van der Waals surface area contributed by atoms with Gasteiger partial charge in [-0.3, -0.25) is 4.79 Å². The summed E-state index contributed by atoms with van der Waals surface area (Å²) in [6, 6.07) is 27.0. The van der Waals surface area contributed by atoms with Crippen molar-refractivity contribution in [2.75, 3.05) is 6.61 Å². The Hall–Kier alpha value is -3.40. The maximum Gasteiger partial charge on any atom is 0.252 e. The Morgan fingerprint density at radius 2 is 1.48 bits per heavy atom. The average Bonchev–Trinajstić information content (AvgIpc) is 2.71. The molecule has 3 rings (SSSR count). The third-order valence-electron chi connectivity index (χ3n) is 4.11. The van der Waals surface area contributed by atoms with Crippen molar-refractivity contribution in [2.24, 2.45) is 5.10 Å². The minimum absolute atomic E-state index is 0.172. The van der Waals surface area contributed by atoms with Gasteiger partial charge in [0.25, 0.3) is 5.91 Å². The van der Waals surface area contributed by atoms with Crippen LogP contribution in [0.3, 0.4) is 0 Å². The van der Waals surface area contributed by atoms with Crippen LogP contribution in [-0.4, -0.2) is 18.7 Å². The maximum absolute atomic E-state index is 12.8. The number of rotatable bonds is 7. The number of hydrogen-bond acceptors (Lipinski definition) is 3. The van der Waals surface area contributed by atoms with Crippen molar-refractivity contribution in [3.8, 4) is 5.75 Å². The fraction of sp³-hybridized carbons (Fsp3) is 0.130. The van der Waals surface area contributed by atoms with E-state index in [1.165, 1.54) is 0 Å². The van der Waals surface area contributed by atoms with Gasteiger partial charge in [-0.2, -0.15) is 5.10 Å². The van der Waals surface area contributed by atoms with Gasteiger partial charge in [0.05, 0.1) is 18.7 Å². The lowest BCUT2D eigenvalue weighted by Crippen LogP contribution is -2.26. The molecule has 1 N–H and O–H groups in total. The molecular formula is C23H22N2O2. The topological polar surface area (TPSA) is 50.7 Å². The summed E-state index contributed by atoms with van der Waals surface area (Å²) in [6.45, 7) is 2.57. The van der Waals surface area contributed by atoms with Gasteiger partial charge in [-0.15, -0.1) is 0 Å². The lowest BCUT2D eigenvalue weighted by atomic mass is 9.91. The van der Waals surface area contributed by atoms with Crippen molar-refractivity contribution in [1.82, 2.24) is 5.43 Å². The second-order valence-electron chi connectivity index (χ2n) is 5.99. The van der Waals surface area contributed by atoms with Crippen LogP contribution in [0.2, 0.25) is 0 Å². The summed E-state index contributed by atoms with van der Waals surface area (Å²) in [5, 5.41) is 4.12. The first-order chi connectivity index (χ1) is 13.3. The first-order valence-corrected chi connectivity index (χ1v) is 8.93. The van der Waals surface area contributed by atoms with E-state index in [0.717, 1.165) is 22.4 Å². The number of hydrogen-bond donors (Lipinski definition) is 1. The number of nitrogens with one attached hydrogen (secondary N) is 1. The van der Waals surface area contributed by atoms with E-state index in [1.807, 2.05) is 91.9 Å². The molecule has 0 radical (unpaired) electrons. The van der Waals surface area contributed by atoms with Crippen LogP contribution in [0.4, 0.5) is 0 Å². The summed E-state index contributed by atoms with van der Waals surface area (Å²) in [5.74, 6) is 0.228. The molecule has 136 valence electrons. The second kappa shape index (κ2) is 9.34. The van der Waals surface area contributed by atoms with Gasteiger partial charge < -0.3 is 4.74 Å². The van der Waals surface area contributed by atoms with E-state index in [1.54, 1.807) is 6.21 Å². The highest BCUT2D eigenvalue weighted by atomic mass is 16.5. The molecule has 0 aromatic heterocycles. The van der Waals surface area contributed by atoms with Gasteiger partial charge in [0, 0.05) is 0 Å². The van der Waals surface area contributed by atoms with Crippen molar-refractivity contribution in [3.63, 3.8) is 0 Å². The number of amides is 1. The highest BCUT2D eigenvalue weighted by molar-refractivity contribution is 5.88. The number of nitrogens with zero attached hydrogens (tertiary/aromatic N) is 1. The lowest BCUT2D eigenvalue weighted by Gasteiger charge is -2.16. The van der Waals surface area contributed by atoms with Crippen molar-refractivity contribution in [2.45, 2.75) is 12.8 Å². The summed E-state index contributed by atoms with van der Waals surface area (Å²) < 4.78 is 5.42.